The second kappa shape index (κ2) is 4.62. The predicted octanol–water partition coefficient (Wildman–Crippen LogP) is 2.94. The zero-order valence-electron chi connectivity index (χ0n) is 10.1. The number of carboxylic acid groups (broad SMARTS) is 1. The lowest BCUT2D eigenvalue weighted by molar-refractivity contribution is -0.137. The van der Waals surface area contributed by atoms with Gasteiger partial charge in [0.15, 0.2) is 5.69 Å². The summed E-state index contributed by atoms with van der Waals surface area (Å²) in [6.45, 7) is 0. The maximum absolute atomic E-state index is 13.3. The van der Waals surface area contributed by atoms with E-state index in [0.717, 1.165) is 22.9 Å². The van der Waals surface area contributed by atoms with Crippen LogP contribution in [-0.4, -0.2) is 20.9 Å². The van der Waals surface area contributed by atoms with Gasteiger partial charge in [-0.05, 0) is 24.3 Å². The maximum Gasteiger partial charge on any atom is 0.416 e. The van der Waals surface area contributed by atoms with Crippen LogP contribution in [0.4, 0.5) is 17.6 Å². The molecule has 0 bridgehead atoms. The highest BCUT2D eigenvalue weighted by Crippen LogP contribution is 2.33. The molecular formula is C12H8F4N2O2. The normalized spacial score (nSPS) is 11.7. The molecule has 0 fully saturated rings. The highest BCUT2D eigenvalue weighted by atomic mass is 19.4. The minimum absolute atomic E-state index is 0.0763. The number of halogens is 4. The number of aromatic carboxylic acids is 1. The summed E-state index contributed by atoms with van der Waals surface area (Å²) in [5.74, 6) is -2.38. The standard InChI is InChI=1S/C12H8F4N2O2/c1-18-10(5-9(17-18)11(19)20)6-2-7(12(14,15)16)4-8(13)3-6/h2-5H,1H3,(H,19,20). The van der Waals surface area contributed by atoms with Crippen LogP contribution in [0.15, 0.2) is 24.3 Å². The number of hydrogen-bond donors (Lipinski definition) is 1. The number of aromatic nitrogens is 2. The molecule has 0 saturated carbocycles. The van der Waals surface area contributed by atoms with E-state index in [1.807, 2.05) is 0 Å². The van der Waals surface area contributed by atoms with Crippen molar-refractivity contribution in [3.8, 4) is 11.3 Å². The summed E-state index contributed by atoms with van der Waals surface area (Å²) in [5, 5.41) is 12.4. The number of benzene rings is 1. The molecule has 2 rings (SSSR count). The van der Waals surface area contributed by atoms with E-state index >= 15 is 0 Å². The van der Waals surface area contributed by atoms with Gasteiger partial charge in [0.25, 0.3) is 0 Å². The summed E-state index contributed by atoms with van der Waals surface area (Å²) in [5.41, 5.74) is -1.50. The Morgan fingerprint density at radius 1 is 1.25 bits per heavy atom. The fourth-order valence-electron chi connectivity index (χ4n) is 1.74. The molecule has 8 heteroatoms. The largest absolute Gasteiger partial charge is 0.476 e. The molecule has 0 aliphatic rings. The van der Waals surface area contributed by atoms with E-state index < -0.39 is 23.5 Å². The first-order valence-corrected chi connectivity index (χ1v) is 5.34. The monoisotopic (exact) mass is 288 g/mol. The molecule has 1 N–H and O–H groups in total. The number of nitrogens with zero attached hydrogens (tertiary/aromatic N) is 2. The lowest BCUT2D eigenvalue weighted by Crippen LogP contribution is -2.06. The highest BCUT2D eigenvalue weighted by Gasteiger charge is 2.31. The van der Waals surface area contributed by atoms with Crippen LogP contribution in [-0.2, 0) is 13.2 Å². The van der Waals surface area contributed by atoms with E-state index in [-0.39, 0.29) is 17.0 Å². The van der Waals surface area contributed by atoms with E-state index in [2.05, 4.69) is 5.10 Å². The molecule has 20 heavy (non-hydrogen) atoms. The average Bonchev–Trinajstić information content (AvgIpc) is 2.69. The summed E-state index contributed by atoms with van der Waals surface area (Å²) in [6, 6.07) is 3.08. The van der Waals surface area contributed by atoms with Gasteiger partial charge in [0.05, 0.1) is 11.3 Å². The maximum atomic E-state index is 13.3. The third-order valence-corrected chi connectivity index (χ3v) is 2.62. The number of aryl methyl sites for hydroxylation is 1. The topological polar surface area (TPSA) is 55.1 Å². The lowest BCUT2D eigenvalue weighted by atomic mass is 10.1. The zero-order valence-corrected chi connectivity index (χ0v) is 10.1. The molecule has 0 amide bonds. The number of alkyl halides is 3. The molecule has 0 radical (unpaired) electrons. The van der Waals surface area contributed by atoms with Crippen molar-refractivity contribution in [2.45, 2.75) is 6.18 Å². The van der Waals surface area contributed by atoms with E-state index in [1.165, 1.54) is 7.05 Å². The first kappa shape index (κ1) is 14.0. The highest BCUT2D eigenvalue weighted by molar-refractivity contribution is 5.87. The molecule has 1 aromatic carbocycles. The van der Waals surface area contributed by atoms with Gasteiger partial charge in [-0.25, -0.2) is 9.18 Å². The molecule has 0 aliphatic heterocycles. The van der Waals surface area contributed by atoms with Crippen molar-refractivity contribution >= 4 is 5.97 Å². The predicted molar refractivity (Wildman–Crippen MR) is 60.6 cm³/mol. The first-order valence-electron chi connectivity index (χ1n) is 5.34. The van der Waals surface area contributed by atoms with Crippen LogP contribution in [0.25, 0.3) is 11.3 Å². The summed E-state index contributed by atoms with van der Waals surface area (Å²) in [6.07, 6.45) is -4.69. The van der Waals surface area contributed by atoms with Gasteiger partial charge in [-0.15, -0.1) is 0 Å². The number of hydrogen-bond acceptors (Lipinski definition) is 2. The Balaban J connectivity index is 2.58. The van der Waals surface area contributed by atoms with Gasteiger partial charge in [0.1, 0.15) is 5.82 Å². The number of carboxylic acids is 1. The van der Waals surface area contributed by atoms with Crippen LogP contribution in [0.5, 0.6) is 0 Å². The summed E-state index contributed by atoms with van der Waals surface area (Å²) < 4.78 is 52.2. The summed E-state index contributed by atoms with van der Waals surface area (Å²) in [7, 11) is 1.36. The average molecular weight is 288 g/mol. The van der Waals surface area contributed by atoms with Crippen LogP contribution < -0.4 is 0 Å². The minimum Gasteiger partial charge on any atom is -0.476 e. The molecule has 0 aliphatic carbocycles. The van der Waals surface area contributed by atoms with Crippen molar-refractivity contribution in [1.29, 1.82) is 0 Å². The zero-order chi connectivity index (χ0) is 15.1. The van der Waals surface area contributed by atoms with E-state index in [4.69, 9.17) is 5.11 Å². The van der Waals surface area contributed by atoms with Crippen LogP contribution in [0.2, 0.25) is 0 Å². The van der Waals surface area contributed by atoms with Gasteiger partial charge in [-0.1, -0.05) is 0 Å². The van der Waals surface area contributed by atoms with E-state index in [9.17, 15) is 22.4 Å². The molecule has 0 atom stereocenters. The second-order valence-corrected chi connectivity index (χ2v) is 4.07. The minimum atomic E-state index is -4.69. The van der Waals surface area contributed by atoms with Crippen LogP contribution in [0.1, 0.15) is 16.1 Å². The van der Waals surface area contributed by atoms with Crippen molar-refractivity contribution < 1.29 is 27.5 Å². The molecule has 106 valence electrons. The third kappa shape index (κ3) is 2.63. The van der Waals surface area contributed by atoms with Gasteiger partial charge in [-0.3, -0.25) is 4.68 Å². The quantitative estimate of drug-likeness (QED) is 0.864. The van der Waals surface area contributed by atoms with Crippen molar-refractivity contribution in [1.82, 2.24) is 9.78 Å². The van der Waals surface area contributed by atoms with Gasteiger partial charge < -0.3 is 5.11 Å². The van der Waals surface area contributed by atoms with Gasteiger partial charge in [0, 0.05) is 12.6 Å². The van der Waals surface area contributed by atoms with Gasteiger partial charge in [0.2, 0.25) is 0 Å². The van der Waals surface area contributed by atoms with E-state index in [1.54, 1.807) is 0 Å². The fraction of sp³-hybridized carbons (Fsp3) is 0.167. The van der Waals surface area contributed by atoms with Crippen LogP contribution >= 0.6 is 0 Å². The van der Waals surface area contributed by atoms with Crippen molar-refractivity contribution in [3.05, 3.63) is 41.3 Å². The Hall–Kier alpha value is -2.38. The van der Waals surface area contributed by atoms with Crippen molar-refractivity contribution in [2.75, 3.05) is 0 Å². The Morgan fingerprint density at radius 2 is 1.90 bits per heavy atom. The van der Waals surface area contributed by atoms with Crippen molar-refractivity contribution in [2.24, 2.45) is 7.05 Å². The Morgan fingerprint density at radius 3 is 2.40 bits per heavy atom. The van der Waals surface area contributed by atoms with Gasteiger partial charge in [-0.2, -0.15) is 18.3 Å². The molecular weight excluding hydrogens is 280 g/mol. The fourth-order valence-corrected chi connectivity index (χ4v) is 1.74. The molecule has 0 saturated heterocycles. The SMILES string of the molecule is Cn1nc(C(=O)O)cc1-c1cc(F)cc(C(F)(F)F)c1. The first-order chi connectivity index (χ1) is 9.18. The molecule has 0 spiro atoms. The smallest absolute Gasteiger partial charge is 0.416 e. The number of carbonyl (C=O) groups is 1. The number of rotatable bonds is 2. The molecule has 1 aromatic heterocycles. The third-order valence-electron chi connectivity index (χ3n) is 2.62. The van der Waals surface area contributed by atoms with Crippen LogP contribution in [0, 0.1) is 5.82 Å². The van der Waals surface area contributed by atoms with Crippen molar-refractivity contribution in [3.63, 3.8) is 0 Å². The lowest BCUT2D eigenvalue weighted by Gasteiger charge is -2.09. The molecule has 2 aromatic rings. The summed E-state index contributed by atoms with van der Waals surface area (Å²) in [4.78, 5) is 10.8. The second-order valence-electron chi connectivity index (χ2n) is 4.07. The Kier molecular flexibility index (Phi) is 3.24. The van der Waals surface area contributed by atoms with Gasteiger partial charge >= 0.3 is 12.1 Å². The molecule has 0 unspecified atom stereocenters. The Labute approximate surface area is 110 Å². The van der Waals surface area contributed by atoms with Crippen LogP contribution in [0.3, 0.4) is 0 Å². The molecule has 4 nitrogen and oxygen atoms in total. The Bertz CT molecular complexity index is 677. The molecule has 1 heterocycles. The van der Waals surface area contributed by atoms with E-state index in [0.29, 0.717) is 6.07 Å². The summed E-state index contributed by atoms with van der Waals surface area (Å²) >= 11 is 0.